The topological polar surface area (TPSA) is 81.8 Å². The Balaban J connectivity index is 1.54. The molecule has 0 saturated carbocycles. The Morgan fingerprint density at radius 2 is 1.96 bits per heavy atom. The summed E-state index contributed by atoms with van der Waals surface area (Å²) >= 11 is 0. The number of fused-ring (bicyclic) bond motifs is 1. The van der Waals surface area contributed by atoms with Crippen molar-refractivity contribution < 1.29 is 4.79 Å². The lowest BCUT2D eigenvalue weighted by Gasteiger charge is -2.29. The largest absolute Gasteiger partial charge is 0.339 e. The molecule has 1 aromatic carbocycles. The van der Waals surface area contributed by atoms with Crippen LogP contribution in [-0.4, -0.2) is 38.8 Å². The number of aromatic nitrogens is 3. The summed E-state index contributed by atoms with van der Waals surface area (Å²) < 4.78 is 0. The van der Waals surface area contributed by atoms with Gasteiger partial charge in [0.2, 0.25) is 0 Å². The van der Waals surface area contributed by atoms with Crippen molar-refractivity contribution in [2.75, 3.05) is 13.1 Å². The predicted octanol–water partition coefficient (Wildman–Crippen LogP) is 2.84. The van der Waals surface area contributed by atoms with Gasteiger partial charge in [-0.1, -0.05) is 37.3 Å². The molecule has 3 aromatic rings. The van der Waals surface area contributed by atoms with Crippen molar-refractivity contribution in [1.29, 1.82) is 0 Å². The second-order valence-corrected chi connectivity index (χ2v) is 7.27. The van der Waals surface area contributed by atoms with Crippen LogP contribution in [0.25, 0.3) is 11.2 Å². The minimum atomic E-state index is -0.314. The standard InChI is InChI=1S/C20H22N4O2/c1-20(15-6-3-2-4-7-15)8-5-10-24(11-9-20)18(25)14-12-16-17(21-13-14)23-19(26)22-16/h2-4,6-7,12-13H,5,8-11H2,1H3,(H2,21,22,23,26). The van der Waals surface area contributed by atoms with Gasteiger partial charge in [0.05, 0.1) is 11.1 Å². The second kappa shape index (κ2) is 6.44. The summed E-state index contributed by atoms with van der Waals surface area (Å²) in [5.41, 5.74) is 2.65. The average molecular weight is 350 g/mol. The fourth-order valence-electron chi connectivity index (χ4n) is 3.83. The zero-order chi connectivity index (χ0) is 18.1. The van der Waals surface area contributed by atoms with Gasteiger partial charge in [-0.15, -0.1) is 0 Å². The Hall–Kier alpha value is -2.89. The molecule has 26 heavy (non-hydrogen) atoms. The first-order valence-corrected chi connectivity index (χ1v) is 8.98. The van der Waals surface area contributed by atoms with E-state index in [2.05, 4.69) is 46.1 Å². The monoisotopic (exact) mass is 350 g/mol. The Morgan fingerprint density at radius 3 is 2.77 bits per heavy atom. The van der Waals surface area contributed by atoms with Crippen LogP contribution in [0.1, 0.15) is 42.1 Å². The molecule has 2 N–H and O–H groups in total. The SMILES string of the molecule is CC1(c2ccccc2)CCCN(C(=O)c2cnc3[nH]c(=O)[nH]c3c2)CC1. The van der Waals surface area contributed by atoms with Gasteiger partial charge in [0.1, 0.15) is 0 Å². The third-order valence-corrected chi connectivity index (χ3v) is 5.46. The van der Waals surface area contributed by atoms with E-state index in [9.17, 15) is 9.59 Å². The summed E-state index contributed by atoms with van der Waals surface area (Å²) in [5, 5.41) is 0. The Labute approximate surface area is 151 Å². The molecule has 6 nitrogen and oxygen atoms in total. The van der Waals surface area contributed by atoms with Crippen molar-refractivity contribution in [3.8, 4) is 0 Å². The van der Waals surface area contributed by atoms with E-state index >= 15 is 0 Å². The van der Waals surface area contributed by atoms with E-state index in [1.807, 2.05) is 11.0 Å². The van der Waals surface area contributed by atoms with Gasteiger partial charge in [0.15, 0.2) is 5.65 Å². The van der Waals surface area contributed by atoms with Crippen molar-refractivity contribution in [2.24, 2.45) is 0 Å². The molecule has 1 saturated heterocycles. The number of nitrogens with zero attached hydrogens (tertiary/aromatic N) is 2. The normalized spacial score (nSPS) is 20.9. The van der Waals surface area contributed by atoms with Crippen LogP contribution in [0, 0.1) is 0 Å². The van der Waals surface area contributed by atoms with Crippen molar-refractivity contribution in [3.05, 3.63) is 64.2 Å². The Bertz CT molecular complexity index is 992. The van der Waals surface area contributed by atoms with Gasteiger partial charge in [0, 0.05) is 19.3 Å². The molecule has 134 valence electrons. The van der Waals surface area contributed by atoms with Crippen LogP contribution in [0.4, 0.5) is 0 Å². The third-order valence-electron chi connectivity index (χ3n) is 5.46. The van der Waals surface area contributed by atoms with Crippen LogP contribution in [0.3, 0.4) is 0 Å². The van der Waals surface area contributed by atoms with E-state index in [1.165, 1.54) is 11.8 Å². The smallest absolute Gasteiger partial charge is 0.325 e. The fourth-order valence-corrected chi connectivity index (χ4v) is 3.83. The molecule has 1 fully saturated rings. The van der Waals surface area contributed by atoms with Gasteiger partial charge in [0.25, 0.3) is 5.91 Å². The fraction of sp³-hybridized carbons (Fsp3) is 0.350. The molecule has 0 bridgehead atoms. The number of aromatic amines is 2. The summed E-state index contributed by atoms with van der Waals surface area (Å²) in [6, 6.07) is 12.2. The van der Waals surface area contributed by atoms with Crippen LogP contribution >= 0.6 is 0 Å². The predicted molar refractivity (Wildman–Crippen MR) is 100 cm³/mol. The van der Waals surface area contributed by atoms with E-state index in [0.29, 0.717) is 23.3 Å². The van der Waals surface area contributed by atoms with Crippen molar-refractivity contribution in [3.63, 3.8) is 0 Å². The molecule has 1 atom stereocenters. The van der Waals surface area contributed by atoms with Gasteiger partial charge in [-0.3, -0.25) is 9.78 Å². The summed E-state index contributed by atoms with van der Waals surface area (Å²) in [4.78, 5) is 35.7. The maximum Gasteiger partial charge on any atom is 0.325 e. The minimum Gasteiger partial charge on any atom is -0.339 e. The molecule has 0 spiro atoms. The number of pyridine rings is 1. The number of hydrogen-bond donors (Lipinski definition) is 2. The van der Waals surface area contributed by atoms with Gasteiger partial charge in [-0.2, -0.15) is 0 Å². The van der Waals surface area contributed by atoms with Crippen LogP contribution < -0.4 is 5.69 Å². The Morgan fingerprint density at radius 1 is 1.15 bits per heavy atom. The number of rotatable bonds is 2. The number of carbonyl (C=O) groups excluding carboxylic acids is 1. The van der Waals surface area contributed by atoms with Gasteiger partial charge >= 0.3 is 5.69 Å². The van der Waals surface area contributed by atoms with Gasteiger partial charge in [-0.25, -0.2) is 9.78 Å². The number of amides is 1. The van der Waals surface area contributed by atoms with E-state index < -0.39 is 0 Å². The number of likely N-dealkylation sites (tertiary alicyclic amines) is 1. The highest BCUT2D eigenvalue weighted by Gasteiger charge is 2.31. The number of carbonyl (C=O) groups is 1. The quantitative estimate of drug-likeness (QED) is 0.746. The molecule has 0 aliphatic carbocycles. The third kappa shape index (κ3) is 3.03. The summed E-state index contributed by atoms with van der Waals surface area (Å²) in [5.74, 6) is -0.0289. The summed E-state index contributed by atoms with van der Waals surface area (Å²) in [7, 11) is 0. The summed E-state index contributed by atoms with van der Waals surface area (Å²) in [6.45, 7) is 3.74. The maximum absolute atomic E-state index is 12.9. The lowest BCUT2D eigenvalue weighted by atomic mass is 9.76. The second-order valence-electron chi connectivity index (χ2n) is 7.27. The lowest BCUT2D eigenvalue weighted by molar-refractivity contribution is 0.0759. The molecule has 1 aliphatic heterocycles. The molecular formula is C20H22N4O2. The van der Waals surface area contributed by atoms with E-state index in [0.717, 1.165) is 25.8 Å². The molecule has 3 heterocycles. The minimum absolute atomic E-state index is 0.0289. The first kappa shape index (κ1) is 16.6. The van der Waals surface area contributed by atoms with Crippen LogP contribution in [0.2, 0.25) is 0 Å². The zero-order valence-electron chi connectivity index (χ0n) is 14.8. The molecule has 6 heteroatoms. The number of imidazole rings is 1. The molecule has 1 aliphatic rings. The molecule has 0 radical (unpaired) electrons. The van der Waals surface area contributed by atoms with E-state index in [1.54, 1.807) is 6.07 Å². The first-order valence-electron chi connectivity index (χ1n) is 8.98. The molecule has 1 amide bonds. The summed E-state index contributed by atoms with van der Waals surface area (Å²) in [6.07, 6.45) is 4.49. The van der Waals surface area contributed by atoms with E-state index in [-0.39, 0.29) is 17.0 Å². The highest BCUT2D eigenvalue weighted by Crippen LogP contribution is 2.35. The highest BCUT2D eigenvalue weighted by atomic mass is 16.2. The molecule has 1 unspecified atom stereocenters. The van der Waals surface area contributed by atoms with Crippen LogP contribution in [0.5, 0.6) is 0 Å². The molecule has 4 rings (SSSR count). The zero-order valence-corrected chi connectivity index (χ0v) is 14.8. The average Bonchev–Trinajstić information content (AvgIpc) is 2.91. The molecule has 2 aromatic heterocycles. The van der Waals surface area contributed by atoms with Crippen molar-refractivity contribution in [2.45, 2.75) is 31.6 Å². The maximum atomic E-state index is 12.9. The van der Waals surface area contributed by atoms with Crippen LogP contribution in [-0.2, 0) is 5.41 Å². The van der Waals surface area contributed by atoms with Gasteiger partial charge in [-0.05, 0) is 36.3 Å². The number of nitrogens with one attached hydrogen (secondary N) is 2. The number of hydrogen-bond acceptors (Lipinski definition) is 3. The molecular weight excluding hydrogens is 328 g/mol. The van der Waals surface area contributed by atoms with Gasteiger partial charge < -0.3 is 9.88 Å². The van der Waals surface area contributed by atoms with E-state index in [4.69, 9.17) is 0 Å². The lowest BCUT2D eigenvalue weighted by Crippen LogP contribution is -2.33. The number of H-pyrrole nitrogens is 2. The Kier molecular flexibility index (Phi) is 4.11. The van der Waals surface area contributed by atoms with Crippen LogP contribution in [0.15, 0.2) is 47.4 Å². The van der Waals surface area contributed by atoms with Crippen molar-refractivity contribution in [1.82, 2.24) is 19.9 Å². The highest BCUT2D eigenvalue weighted by molar-refractivity contribution is 5.96. The van der Waals surface area contributed by atoms with Crippen molar-refractivity contribution >= 4 is 17.1 Å². The number of benzene rings is 1. The first-order chi connectivity index (χ1) is 12.5.